The number of carbonyl (C=O) groups excluding carboxylic acids is 1. The summed E-state index contributed by atoms with van der Waals surface area (Å²) >= 11 is 0. The quantitative estimate of drug-likeness (QED) is 0.696. The largest absolute Gasteiger partial charge is 0.467 e. The molecule has 1 unspecified atom stereocenters. The zero-order valence-corrected chi connectivity index (χ0v) is 7.67. The van der Waals surface area contributed by atoms with Crippen molar-refractivity contribution in [2.24, 2.45) is 0 Å². The number of methoxy groups -OCH3 is 1. The number of rotatable bonds is 3. The first-order chi connectivity index (χ1) is 6.65. The Bertz CT molecular complexity index is 326. The minimum absolute atomic E-state index is 0.172. The van der Waals surface area contributed by atoms with Gasteiger partial charge in [0.1, 0.15) is 5.82 Å². The molecule has 0 bridgehead atoms. The highest BCUT2D eigenvalue weighted by Gasteiger charge is 2.19. The third-order valence-corrected chi connectivity index (χ3v) is 1.81. The average molecular weight is 200 g/mol. The van der Waals surface area contributed by atoms with E-state index >= 15 is 0 Å². The summed E-state index contributed by atoms with van der Waals surface area (Å²) in [7, 11) is 1.09. The Morgan fingerprint density at radius 3 is 2.71 bits per heavy atom. The summed E-state index contributed by atoms with van der Waals surface area (Å²) in [5.74, 6) is -1.49. The lowest BCUT2D eigenvalue weighted by Crippen LogP contribution is -2.20. The Balaban J connectivity index is 2.69. The molecule has 0 aliphatic carbocycles. The van der Waals surface area contributed by atoms with Crippen molar-refractivity contribution in [1.82, 2.24) is 0 Å². The Morgan fingerprint density at radius 2 is 2.14 bits per heavy atom. The van der Waals surface area contributed by atoms with Crippen molar-refractivity contribution in [3.63, 3.8) is 0 Å². The molecule has 14 heavy (non-hydrogen) atoms. The second-order valence-corrected chi connectivity index (χ2v) is 2.79. The first kappa shape index (κ1) is 10.6. The van der Waals surface area contributed by atoms with Crippen LogP contribution in [0.2, 0.25) is 0 Å². The lowest BCUT2D eigenvalue weighted by molar-refractivity contribution is -0.146. The van der Waals surface area contributed by atoms with E-state index < -0.39 is 18.0 Å². The standard InChI is InChI=1S/C10H10F2O2/c1-14-10(13)9(12)6-7-4-2-3-5-8(7)11/h2-5,9H,6H2,1H3. The van der Waals surface area contributed by atoms with Gasteiger partial charge in [0.05, 0.1) is 7.11 Å². The zero-order chi connectivity index (χ0) is 10.6. The molecule has 1 aromatic carbocycles. The van der Waals surface area contributed by atoms with Crippen molar-refractivity contribution >= 4 is 5.97 Å². The molecule has 1 aromatic rings. The first-order valence-corrected chi connectivity index (χ1v) is 4.10. The molecule has 0 saturated carbocycles. The van der Waals surface area contributed by atoms with Crippen LogP contribution in [0.25, 0.3) is 0 Å². The second-order valence-electron chi connectivity index (χ2n) is 2.79. The maximum Gasteiger partial charge on any atom is 0.340 e. The normalized spacial score (nSPS) is 12.2. The van der Waals surface area contributed by atoms with Crippen molar-refractivity contribution < 1.29 is 18.3 Å². The summed E-state index contributed by atoms with van der Waals surface area (Å²) in [6.07, 6.45) is -2.10. The van der Waals surface area contributed by atoms with E-state index in [1.807, 2.05) is 0 Å². The highest BCUT2D eigenvalue weighted by atomic mass is 19.1. The number of alkyl halides is 1. The maximum atomic E-state index is 13.0. The summed E-state index contributed by atoms with van der Waals surface area (Å²) in [4.78, 5) is 10.7. The minimum Gasteiger partial charge on any atom is -0.467 e. The molecule has 2 nitrogen and oxygen atoms in total. The van der Waals surface area contributed by atoms with Gasteiger partial charge in [-0.15, -0.1) is 0 Å². The zero-order valence-electron chi connectivity index (χ0n) is 7.67. The van der Waals surface area contributed by atoms with Crippen LogP contribution in [-0.4, -0.2) is 19.3 Å². The van der Waals surface area contributed by atoms with Crippen molar-refractivity contribution in [1.29, 1.82) is 0 Å². The van der Waals surface area contributed by atoms with Crippen molar-refractivity contribution in [2.75, 3.05) is 7.11 Å². The Kier molecular flexibility index (Phi) is 3.56. The smallest absolute Gasteiger partial charge is 0.340 e. The highest BCUT2D eigenvalue weighted by Crippen LogP contribution is 2.11. The molecule has 1 atom stereocenters. The molecule has 0 heterocycles. The van der Waals surface area contributed by atoms with Gasteiger partial charge in [-0.1, -0.05) is 18.2 Å². The lowest BCUT2D eigenvalue weighted by atomic mass is 10.1. The highest BCUT2D eigenvalue weighted by molar-refractivity contribution is 5.74. The Morgan fingerprint density at radius 1 is 1.50 bits per heavy atom. The van der Waals surface area contributed by atoms with E-state index in [0.717, 1.165) is 7.11 Å². The number of benzene rings is 1. The van der Waals surface area contributed by atoms with Crippen LogP contribution in [0, 0.1) is 5.82 Å². The van der Waals surface area contributed by atoms with Crippen LogP contribution in [-0.2, 0) is 16.0 Å². The summed E-state index contributed by atoms with van der Waals surface area (Å²) in [6, 6.07) is 5.75. The molecule has 0 N–H and O–H groups in total. The van der Waals surface area contributed by atoms with E-state index in [2.05, 4.69) is 4.74 Å². The van der Waals surface area contributed by atoms with Crippen molar-refractivity contribution in [2.45, 2.75) is 12.6 Å². The molecule has 0 spiro atoms. The molecule has 0 fully saturated rings. The fourth-order valence-electron chi connectivity index (χ4n) is 1.07. The fraction of sp³-hybridized carbons (Fsp3) is 0.300. The van der Waals surface area contributed by atoms with Gasteiger partial charge in [0.25, 0.3) is 0 Å². The van der Waals surface area contributed by atoms with Crippen molar-refractivity contribution in [3.8, 4) is 0 Å². The summed E-state index contributed by atoms with van der Waals surface area (Å²) in [5.41, 5.74) is 0.172. The van der Waals surface area contributed by atoms with Crippen LogP contribution in [0.3, 0.4) is 0 Å². The van der Waals surface area contributed by atoms with Gasteiger partial charge >= 0.3 is 5.97 Å². The maximum absolute atomic E-state index is 13.0. The average Bonchev–Trinajstić information content (AvgIpc) is 2.20. The first-order valence-electron chi connectivity index (χ1n) is 4.10. The molecule has 76 valence electrons. The third-order valence-electron chi connectivity index (χ3n) is 1.81. The van der Waals surface area contributed by atoms with Gasteiger partial charge in [0.15, 0.2) is 0 Å². The van der Waals surface area contributed by atoms with E-state index in [0.29, 0.717) is 0 Å². The molecule has 1 rings (SSSR count). The second kappa shape index (κ2) is 4.69. The number of hydrogen-bond acceptors (Lipinski definition) is 2. The van der Waals surface area contributed by atoms with E-state index in [-0.39, 0.29) is 12.0 Å². The number of halogens is 2. The molecule has 0 amide bonds. The molecule has 0 aliphatic rings. The Hall–Kier alpha value is -1.45. The fourth-order valence-corrected chi connectivity index (χ4v) is 1.07. The molecule has 0 saturated heterocycles. The van der Waals surface area contributed by atoms with E-state index in [1.165, 1.54) is 18.2 Å². The predicted molar refractivity (Wildman–Crippen MR) is 47.0 cm³/mol. The lowest BCUT2D eigenvalue weighted by Gasteiger charge is -2.06. The van der Waals surface area contributed by atoms with Gasteiger partial charge in [0.2, 0.25) is 6.17 Å². The van der Waals surface area contributed by atoms with Crippen molar-refractivity contribution in [3.05, 3.63) is 35.6 Å². The van der Waals surface area contributed by atoms with Crippen LogP contribution >= 0.6 is 0 Å². The molecule has 0 aromatic heterocycles. The van der Waals surface area contributed by atoms with Gasteiger partial charge in [-0.25, -0.2) is 13.6 Å². The molecule has 4 heteroatoms. The van der Waals surface area contributed by atoms with Crippen LogP contribution in [0.4, 0.5) is 8.78 Å². The minimum atomic E-state index is -1.81. The van der Waals surface area contributed by atoms with Crippen LogP contribution in [0.1, 0.15) is 5.56 Å². The predicted octanol–water partition coefficient (Wildman–Crippen LogP) is 1.88. The molecule has 0 radical (unpaired) electrons. The molecular weight excluding hydrogens is 190 g/mol. The van der Waals surface area contributed by atoms with Crippen LogP contribution in [0.15, 0.2) is 24.3 Å². The summed E-state index contributed by atoms with van der Waals surface area (Å²) < 4.78 is 30.2. The van der Waals surface area contributed by atoms with Gasteiger partial charge in [0, 0.05) is 6.42 Å². The van der Waals surface area contributed by atoms with Crippen LogP contribution in [0.5, 0.6) is 0 Å². The summed E-state index contributed by atoms with van der Waals surface area (Å²) in [6.45, 7) is 0. The Labute approximate surface area is 80.5 Å². The number of ether oxygens (including phenoxy) is 1. The SMILES string of the molecule is COC(=O)C(F)Cc1ccccc1F. The van der Waals surface area contributed by atoms with Gasteiger partial charge in [-0.3, -0.25) is 0 Å². The van der Waals surface area contributed by atoms with Gasteiger partial charge in [-0.2, -0.15) is 0 Å². The molecular formula is C10H10F2O2. The topological polar surface area (TPSA) is 26.3 Å². The monoisotopic (exact) mass is 200 g/mol. The number of esters is 1. The van der Waals surface area contributed by atoms with E-state index in [1.54, 1.807) is 6.07 Å². The van der Waals surface area contributed by atoms with E-state index in [4.69, 9.17) is 0 Å². The van der Waals surface area contributed by atoms with Gasteiger partial charge in [-0.05, 0) is 11.6 Å². The summed E-state index contributed by atoms with van der Waals surface area (Å²) in [5, 5.41) is 0. The third kappa shape index (κ3) is 2.52. The number of hydrogen-bond donors (Lipinski definition) is 0. The van der Waals surface area contributed by atoms with Crippen LogP contribution < -0.4 is 0 Å². The van der Waals surface area contributed by atoms with Gasteiger partial charge < -0.3 is 4.74 Å². The number of carbonyl (C=O) groups is 1. The molecule has 0 aliphatic heterocycles. The van der Waals surface area contributed by atoms with E-state index in [9.17, 15) is 13.6 Å².